The minimum absolute atomic E-state index is 0.189. The van der Waals surface area contributed by atoms with Gasteiger partial charge in [0.1, 0.15) is 5.60 Å². The molecule has 0 unspecified atom stereocenters. The minimum atomic E-state index is -0.594. The van der Waals surface area contributed by atoms with E-state index in [1.165, 1.54) is 17.3 Å². The molecule has 0 fully saturated rings. The lowest BCUT2D eigenvalue weighted by atomic mass is 10.1. The van der Waals surface area contributed by atoms with Crippen molar-refractivity contribution in [2.75, 3.05) is 13.6 Å². The topological polar surface area (TPSA) is 108 Å². The van der Waals surface area contributed by atoms with Crippen LogP contribution < -0.4 is 0 Å². The molecule has 1 amide bonds. The summed E-state index contributed by atoms with van der Waals surface area (Å²) in [5.41, 5.74) is 8.62. The Bertz CT molecular complexity index is 603. The van der Waals surface area contributed by atoms with Crippen molar-refractivity contribution in [1.29, 1.82) is 0 Å². The van der Waals surface area contributed by atoms with Crippen LogP contribution in [0.2, 0.25) is 0 Å². The number of hydrogen-bond acceptors (Lipinski definition) is 5. The number of pyridine rings is 1. The Hall–Kier alpha value is -2.60. The van der Waals surface area contributed by atoms with Gasteiger partial charge in [0.15, 0.2) is 5.78 Å². The predicted molar refractivity (Wildman–Crippen MR) is 80.3 cm³/mol. The number of ketones is 1. The van der Waals surface area contributed by atoms with Gasteiger partial charge in [-0.3, -0.25) is 9.78 Å². The summed E-state index contributed by atoms with van der Waals surface area (Å²) in [4.78, 5) is 31.7. The molecule has 1 heterocycles. The standard InChI is InChI=1S/C14H19N5O3/c1-14(2,3)22-13(21)19(4)9-10-5-6-16-7-11(10)12(20)8-17-18-15/h5-7H,8-9H2,1-4H3. The number of carbonyl (C=O) groups is 2. The van der Waals surface area contributed by atoms with Crippen molar-refractivity contribution in [2.45, 2.75) is 32.9 Å². The number of hydrogen-bond donors (Lipinski definition) is 0. The third-order valence-electron chi connectivity index (χ3n) is 2.60. The molecule has 1 aromatic rings. The lowest BCUT2D eigenvalue weighted by Gasteiger charge is -2.25. The van der Waals surface area contributed by atoms with Crippen LogP contribution in [0.5, 0.6) is 0 Å². The summed E-state index contributed by atoms with van der Waals surface area (Å²) < 4.78 is 5.26. The van der Waals surface area contributed by atoms with E-state index in [9.17, 15) is 9.59 Å². The molecule has 1 rings (SSSR count). The molecule has 0 aliphatic heterocycles. The van der Waals surface area contributed by atoms with Crippen LogP contribution in [0.3, 0.4) is 0 Å². The van der Waals surface area contributed by atoms with Gasteiger partial charge >= 0.3 is 6.09 Å². The van der Waals surface area contributed by atoms with Crippen molar-refractivity contribution in [3.63, 3.8) is 0 Å². The number of carbonyl (C=O) groups excluding carboxylic acids is 2. The molecule has 0 atom stereocenters. The van der Waals surface area contributed by atoms with Crippen molar-refractivity contribution < 1.29 is 14.3 Å². The van der Waals surface area contributed by atoms with Crippen LogP contribution in [0, 0.1) is 0 Å². The molecule has 0 aliphatic rings. The molecule has 0 spiro atoms. The Balaban J connectivity index is 2.87. The highest BCUT2D eigenvalue weighted by atomic mass is 16.6. The molecule has 0 N–H and O–H groups in total. The van der Waals surface area contributed by atoms with E-state index in [0.717, 1.165) is 0 Å². The fraction of sp³-hybridized carbons (Fsp3) is 0.500. The molecule has 1 aromatic heterocycles. The second kappa shape index (κ2) is 7.42. The molecule has 118 valence electrons. The van der Waals surface area contributed by atoms with E-state index in [2.05, 4.69) is 15.0 Å². The van der Waals surface area contributed by atoms with E-state index in [-0.39, 0.29) is 18.9 Å². The second-order valence-corrected chi connectivity index (χ2v) is 5.68. The SMILES string of the molecule is CN(Cc1ccncc1C(=O)CN=[N+]=[N-])C(=O)OC(C)(C)C. The molecule has 22 heavy (non-hydrogen) atoms. The van der Waals surface area contributed by atoms with E-state index in [0.29, 0.717) is 11.1 Å². The van der Waals surface area contributed by atoms with Gasteiger partial charge in [0.25, 0.3) is 0 Å². The lowest BCUT2D eigenvalue weighted by molar-refractivity contribution is 0.0284. The van der Waals surface area contributed by atoms with Crippen LogP contribution in [-0.2, 0) is 11.3 Å². The van der Waals surface area contributed by atoms with Crippen LogP contribution in [0.4, 0.5) is 4.79 Å². The lowest BCUT2D eigenvalue weighted by Crippen LogP contribution is -2.34. The summed E-state index contributed by atoms with van der Waals surface area (Å²) in [5, 5.41) is 3.25. The van der Waals surface area contributed by atoms with E-state index in [1.54, 1.807) is 33.9 Å². The predicted octanol–water partition coefficient (Wildman–Crippen LogP) is 2.94. The Kier molecular flexibility index (Phi) is 5.89. The highest BCUT2D eigenvalue weighted by Gasteiger charge is 2.21. The molecule has 0 saturated carbocycles. The van der Waals surface area contributed by atoms with Gasteiger partial charge in [-0.05, 0) is 37.9 Å². The average Bonchev–Trinajstić information content (AvgIpc) is 2.43. The highest BCUT2D eigenvalue weighted by molar-refractivity contribution is 5.98. The fourth-order valence-corrected chi connectivity index (χ4v) is 1.65. The maximum atomic E-state index is 12.0. The van der Waals surface area contributed by atoms with Gasteiger partial charge < -0.3 is 9.64 Å². The van der Waals surface area contributed by atoms with Gasteiger partial charge in [-0.2, -0.15) is 0 Å². The average molecular weight is 305 g/mol. The molecule has 0 radical (unpaired) electrons. The number of Topliss-reactive ketones (excluding diaryl/α,β-unsaturated/α-hetero) is 1. The number of amides is 1. The van der Waals surface area contributed by atoms with Crippen LogP contribution in [0.15, 0.2) is 23.6 Å². The third-order valence-corrected chi connectivity index (χ3v) is 2.60. The Labute approximate surface area is 128 Å². The van der Waals surface area contributed by atoms with Crippen LogP contribution >= 0.6 is 0 Å². The van der Waals surface area contributed by atoms with Crippen molar-refractivity contribution >= 4 is 11.9 Å². The quantitative estimate of drug-likeness (QED) is 0.360. The second-order valence-electron chi connectivity index (χ2n) is 5.68. The molecule has 8 heteroatoms. The summed E-state index contributed by atoms with van der Waals surface area (Å²) >= 11 is 0. The summed E-state index contributed by atoms with van der Waals surface area (Å²) in [6, 6.07) is 1.64. The molecular weight excluding hydrogens is 286 g/mol. The maximum absolute atomic E-state index is 12.0. The van der Waals surface area contributed by atoms with Crippen molar-refractivity contribution in [3.05, 3.63) is 40.0 Å². The summed E-state index contributed by atoms with van der Waals surface area (Å²) in [7, 11) is 1.58. The molecule has 8 nitrogen and oxygen atoms in total. The first-order valence-corrected chi connectivity index (χ1v) is 6.65. The van der Waals surface area contributed by atoms with Gasteiger partial charge in [0, 0.05) is 36.5 Å². The minimum Gasteiger partial charge on any atom is -0.444 e. The largest absolute Gasteiger partial charge is 0.444 e. The van der Waals surface area contributed by atoms with Crippen LogP contribution in [0.25, 0.3) is 10.4 Å². The van der Waals surface area contributed by atoms with E-state index in [4.69, 9.17) is 10.3 Å². The van der Waals surface area contributed by atoms with E-state index >= 15 is 0 Å². The van der Waals surface area contributed by atoms with Crippen molar-refractivity contribution in [1.82, 2.24) is 9.88 Å². The molecule has 0 saturated heterocycles. The smallest absolute Gasteiger partial charge is 0.410 e. The molecule has 0 aliphatic carbocycles. The Morgan fingerprint density at radius 3 is 2.73 bits per heavy atom. The number of azide groups is 1. The van der Waals surface area contributed by atoms with Gasteiger partial charge in [-0.1, -0.05) is 5.11 Å². The van der Waals surface area contributed by atoms with Gasteiger partial charge in [-0.15, -0.1) is 0 Å². The first-order chi connectivity index (χ1) is 10.2. The molecular formula is C14H19N5O3. The summed E-state index contributed by atoms with van der Waals surface area (Å²) in [5.74, 6) is -0.349. The van der Waals surface area contributed by atoms with E-state index < -0.39 is 11.7 Å². The zero-order valence-electron chi connectivity index (χ0n) is 13.1. The third kappa shape index (κ3) is 5.41. The highest BCUT2D eigenvalue weighted by Crippen LogP contribution is 2.14. The Morgan fingerprint density at radius 1 is 1.45 bits per heavy atom. The van der Waals surface area contributed by atoms with Crippen LogP contribution in [0.1, 0.15) is 36.7 Å². The number of aromatic nitrogens is 1. The normalized spacial score (nSPS) is 10.5. The van der Waals surface area contributed by atoms with Crippen LogP contribution in [-0.4, -0.2) is 41.0 Å². The summed E-state index contributed by atoms with van der Waals surface area (Å²) in [6.07, 6.45) is 2.44. The Morgan fingerprint density at radius 2 is 2.14 bits per heavy atom. The molecule has 0 aromatic carbocycles. The van der Waals surface area contributed by atoms with Gasteiger partial charge in [-0.25, -0.2) is 4.79 Å². The zero-order chi connectivity index (χ0) is 16.8. The summed E-state index contributed by atoms with van der Waals surface area (Å²) in [6.45, 7) is 5.24. The van der Waals surface area contributed by atoms with Crippen molar-refractivity contribution in [3.8, 4) is 0 Å². The fourth-order valence-electron chi connectivity index (χ4n) is 1.65. The molecule has 0 bridgehead atoms. The zero-order valence-corrected chi connectivity index (χ0v) is 13.1. The number of nitrogens with zero attached hydrogens (tertiary/aromatic N) is 5. The van der Waals surface area contributed by atoms with Gasteiger partial charge in [0.2, 0.25) is 0 Å². The maximum Gasteiger partial charge on any atom is 0.410 e. The monoisotopic (exact) mass is 305 g/mol. The van der Waals surface area contributed by atoms with Gasteiger partial charge in [0.05, 0.1) is 6.54 Å². The number of rotatable bonds is 5. The number of ether oxygens (including phenoxy) is 1. The van der Waals surface area contributed by atoms with E-state index in [1.807, 2.05) is 0 Å². The first-order valence-electron chi connectivity index (χ1n) is 6.65. The van der Waals surface area contributed by atoms with Crippen molar-refractivity contribution in [2.24, 2.45) is 5.11 Å². The first kappa shape index (κ1) is 17.5.